The van der Waals surface area contributed by atoms with Gasteiger partial charge in [-0.15, -0.1) is 4.67 Å². The molecule has 1 heterocycles. The molecule has 180 valence electrons. The molecule has 1 aliphatic heterocycles. The molecule has 1 unspecified atom stereocenters. The van der Waals surface area contributed by atoms with Gasteiger partial charge in [0.25, 0.3) is 0 Å². The van der Waals surface area contributed by atoms with Crippen LogP contribution in [-0.4, -0.2) is 27.5 Å². The van der Waals surface area contributed by atoms with Crippen LogP contribution in [0.15, 0.2) is 60.7 Å². The average Bonchev–Trinajstić information content (AvgIpc) is 2.78. The van der Waals surface area contributed by atoms with E-state index in [1.807, 2.05) is 62.4 Å². The van der Waals surface area contributed by atoms with E-state index in [1.165, 1.54) is 6.42 Å². The molecule has 1 N–H and O–H groups in total. The minimum atomic E-state index is -3.49. The second-order valence-corrected chi connectivity index (χ2v) is 13.4. The van der Waals surface area contributed by atoms with Gasteiger partial charge in [0.2, 0.25) is 0 Å². The fourth-order valence-corrected chi connectivity index (χ4v) is 9.60. The summed E-state index contributed by atoms with van der Waals surface area (Å²) in [5.41, 5.74) is 1.08. The summed E-state index contributed by atoms with van der Waals surface area (Å²) in [4.78, 5) is 15.3. The molecular weight excluding hydrogens is 429 g/mol. The number of aliphatic hydroxyl groups excluding tert-OH is 1. The molecular formula is C28H40NO3P. The largest absolute Gasteiger partial charge is 0.640 e. The van der Waals surface area contributed by atoms with Gasteiger partial charge >= 0.3 is 0 Å². The van der Waals surface area contributed by atoms with Crippen LogP contribution in [0.25, 0.3) is 0 Å². The third-order valence-electron chi connectivity index (χ3n) is 7.92. The number of rotatable bonds is 6. The third kappa shape index (κ3) is 4.79. The molecule has 1 saturated carbocycles. The van der Waals surface area contributed by atoms with Crippen molar-refractivity contribution in [2.24, 2.45) is 17.8 Å². The maximum Gasteiger partial charge on any atom is 0.185 e. The lowest BCUT2D eigenvalue weighted by Gasteiger charge is -2.60. The van der Waals surface area contributed by atoms with Gasteiger partial charge in [0, 0.05) is 5.92 Å². The minimum Gasteiger partial charge on any atom is -0.640 e. The average molecular weight is 470 g/mol. The summed E-state index contributed by atoms with van der Waals surface area (Å²) in [7, 11) is -3.49. The number of hydrogen-bond donors (Lipinski definition) is 1. The summed E-state index contributed by atoms with van der Waals surface area (Å²) in [6, 6.07) is 20.1. The fraction of sp³-hybridized carbons (Fsp3) is 0.571. The highest BCUT2D eigenvalue weighted by molar-refractivity contribution is 7.62. The molecule has 4 nitrogen and oxygen atoms in total. The predicted molar refractivity (Wildman–Crippen MR) is 134 cm³/mol. The van der Waals surface area contributed by atoms with Gasteiger partial charge in [0.1, 0.15) is 12.2 Å². The first-order valence-corrected chi connectivity index (χ1v) is 14.1. The molecule has 2 fully saturated rings. The van der Waals surface area contributed by atoms with Crippen molar-refractivity contribution in [3.8, 4) is 0 Å². The highest BCUT2D eigenvalue weighted by Crippen LogP contribution is 2.75. The van der Waals surface area contributed by atoms with Crippen molar-refractivity contribution in [1.82, 2.24) is 4.67 Å². The lowest BCUT2D eigenvalue weighted by Crippen LogP contribution is -2.62. The quantitative estimate of drug-likeness (QED) is 0.529. The van der Waals surface area contributed by atoms with Crippen molar-refractivity contribution < 1.29 is 14.5 Å². The Bertz CT molecular complexity index is 906. The van der Waals surface area contributed by atoms with Gasteiger partial charge in [0.05, 0.1) is 12.1 Å². The number of hydrogen-bond acceptors (Lipinski definition) is 4. The monoisotopic (exact) mass is 469 g/mol. The van der Waals surface area contributed by atoms with Crippen LogP contribution >= 0.6 is 7.87 Å². The summed E-state index contributed by atoms with van der Waals surface area (Å²) >= 11 is 0. The zero-order valence-electron chi connectivity index (χ0n) is 20.7. The van der Waals surface area contributed by atoms with Crippen LogP contribution in [0.3, 0.4) is 0 Å². The van der Waals surface area contributed by atoms with Crippen LogP contribution in [0, 0.1) is 17.8 Å². The van der Waals surface area contributed by atoms with Crippen LogP contribution in [-0.2, 0) is 11.1 Å². The first-order chi connectivity index (χ1) is 15.6. The highest BCUT2D eigenvalue weighted by atomic mass is 31.2. The van der Waals surface area contributed by atoms with Crippen molar-refractivity contribution in [2.75, 3.05) is 0 Å². The lowest BCUT2D eigenvalue weighted by molar-refractivity contribution is -0.242. The third-order valence-corrected chi connectivity index (χ3v) is 11.1. The smallest absolute Gasteiger partial charge is 0.185 e. The molecule has 0 amide bonds. The van der Waals surface area contributed by atoms with E-state index in [0.29, 0.717) is 18.4 Å². The zero-order valence-corrected chi connectivity index (χ0v) is 21.6. The van der Waals surface area contributed by atoms with E-state index in [9.17, 15) is 5.11 Å². The maximum absolute atomic E-state index is 15.3. The molecule has 1 saturated heterocycles. The summed E-state index contributed by atoms with van der Waals surface area (Å²) in [6.45, 7) is 11.3. The van der Waals surface area contributed by atoms with Crippen molar-refractivity contribution >= 4 is 7.87 Å². The van der Waals surface area contributed by atoms with Crippen molar-refractivity contribution in [3.63, 3.8) is 0 Å². The standard InChI is InChI=1S/C28H40NO3P/c1-20(2)26(30)27(23-14-10-7-11-15-23)33(31)29(19-22-12-8-6-9-13-22)28(4,5)24-17-16-21(3)18-25(24)32-33/h6-15,20-21,24-27,30H,16-19H2,1-5H3/t21-,24-,25-,26-,27+,33?/m1/s1. The van der Waals surface area contributed by atoms with Gasteiger partial charge in [0.15, 0.2) is 13.5 Å². The number of nitrogens with zero attached hydrogens (tertiary/aromatic N) is 1. The van der Waals surface area contributed by atoms with E-state index in [0.717, 1.165) is 24.0 Å². The van der Waals surface area contributed by atoms with Gasteiger partial charge < -0.3 is 10.00 Å². The van der Waals surface area contributed by atoms with Crippen LogP contribution in [0.4, 0.5) is 0 Å². The van der Waals surface area contributed by atoms with E-state index >= 15 is 4.89 Å². The van der Waals surface area contributed by atoms with Gasteiger partial charge in [-0.05, 0) is 49.7 Å². The SMILES string of the molecule is CC(C)[C@@H](O)[C@H](c1ccccc1)[P+]1([O-])O[C@@H]2C[C@H](C)CC[C@H]2C(C)(C)N1Cc1ccccc1. The van der Waals surface area contributed by atoms with Crippen LogP contribution in [0.1, 0.15) is 70.7 Å². The van der Waals surface area contributed by atoms with Gasteiger partial charge in [-0.2, -0.15) is 0 Å². The first-order valence-electron chi connectivity index (χ1n) is 12.5. The topological polar surface area (TPSA) is 55.8 Å². The van der Waals surface area contributed by atoms with Crippen molar-refractivity contribution in [3.05, 3.63) is 71.8 Å². The van der Waals surface area contributed by atoms with E-state index < -0.39 is 19.6 Å². The van der Waals surface area contributed by atoms with Crippen molar-refractivity contribution in [1.29, 1.82) is 0 Å². The minimum absolute atomic E-state index is 0.0469. The Morgan fingerprint density at radius 2 is 1.67 bits per heavy atom. The molecule has 0 spiro atoms. The second-order valence-electron chi connectivity index (χ2n) is 11.0. The van der Waals surface area contributed by atoms with Crippen LogP contribution in [0.2, 0.25) is 0 Å². The molecule has 0 bridgehead atoms. The Labute approximate surface area is 200 Å². The normalized spacial score (nSPS) is 31.7. The number of benzene rings is 2. The summed E-state index contributed by atoms with van der Waals surface area (Å²) < 4.78 is 8.91. The number of aliphatic hydroxyl groups is 1. The fourth-order valence-electron chi connectivity index (χ4n) is 5.92. The molecule has 2 aromatic rings. The van der Waals surface area contributed by atoms with E-state index in [4.69, 9.17) is 4.52 Å². The molecule has 2 aromatic carbocycles. The van der Waals surface area contributed by atoms with Crippen LogP contribution < -0.4 is 4.89 Å². The van der Waals surface area contributed by atoms with E-state index in [-0.39, 0.29) is 17.6 Å². The zero-order chi connectivity index (χ0) is 23.8. The lowest BCUT2D eigenvalue weighted by atomic mass is 9.71. The Morgan fingerprint density at radius 3 is 2.27 bits per heavy atom. The van der Waals surface area contributed by atoms with Gasteiger partial charge in [-0.1, -0.05) is 87.9 Å². The Balaban J connectivity index is 1.85. The molecule has 6 atom stereocenters. The molecule has 2 aliphatic rings. The maximum atomic E-state index is 15.3. The van der Waals surface area contributed by atoms with Crippen LogP contribution in [0.5, 0.6) is 0 Å². The van der Waals surface area contributed by atoms with Gasteiger partial charge in [-0.3, -0.25) is 0 Å². The highest BCUT2D eigenvalue weighted by Gasteiger charge is 2.63. The Hall–Kier alpha value is -1.29. The summed E-state index contributed by atoms with van der Waals surface area (Å²) in [5.74, 6) is 0.822. The Morgan fingerprint density at radius 1 is 1.06 bits per heavy atom. The van der Waals surface area contributed by atoms with Gasteiger partial charge in [-0.25, -0.2) is 4.52 Å². The predicted octanol–water partition coefficient (Wildman–Crippen LogP) is 5.98. The molecule has 0 radical (unpaired) electrons. The molecule has 33 heavy (non-hydrogen) atoms. The molecule has 4 rings (SSSR count). The molecule has 0 aromatic heterocycles. The first kappa shape index (κ1) is 24.8. The second kappa shape index (κ2) is 9.76. The Kier molecular flexibility index (Phi) is 7.34. The van der Waals surface area contributed by atoms with E-state index in [1.54, 1.807) is 0 Å². The molecule has 5 heteroatoms. The van der Waals surface area contributed by atoms with E-state index in [2.05, 4.69) is 37.6 Å². The molecule has 1 aliphatic carbocycles. The summed E-state index contributed by atoms with van der Waals surface area (Å²) in [6.07, 6.45) is 2.36. The van der Waals surface area contributed by atoms with Crippen molar-refractivity contribution in [2.45, 2.75) is 83.8 Å². The summed E-state index contributed by atoms with van der Waals surface area (Å²) in [5, 5.41) is 11.5. The number of fused-ring (bicyclic) bond motifs is 1.